The molecule has 9 nitrogen and oxygen atoms in total. The van der Waals surface area contributed by atoms with E-state index >= 15 is 0 Å². The quantitative estimate of drug-likeness (QED) is 0.286. The molecule has 184 valence electrons. The fourth-order valence-electron chi connectivity index (χ4n) is 4.75. The molecule has 7 aromatic rings. The number of benzene rings is 3. The molecule has 0 aliphatic rings. The first kappa shape index (κ1) is 21.8. The number of fused-ring (bicyclic) bond motifs is 4. The number of nitrogens with zero attached hydrogens (tertiary/aromatic N) is 4. The lowest BCUT2D eigenvalue weighted by Crippen LogP contribution is -2.20. The Labute approximate surface area is 215 Å². The molecule has 0 aliphatic heterocycles. The van der Waals surface area contributed by atoms with Gasteiger partial charge in [-0.2, -0.15) is 10.1 Å². The molecule has 0 aliphatic carbocycles. The molecular weight excluding hydrogens is 478 g/mol. The van der Waals surface area contributed by atoms with E-state index in [1.165, 1.54) is 0 Å². The summed E-state index contributed by atoms with van der Waals surface area (Å²) in [5.74, 6) is 1.11. The molecule has 0 saturated heterocycles. The lowest BCUT2D eigenvalue weighted by molar-refractivity contribution is 0.415. The van der Waals surface area contributed by atoms with Crippen LogP contribution in [-0.4, -0.2) is 36.8 Å². The zero-order chi connectivity index (χ0) is 25.6. The smallest absolute Gasteiger partial charge is 0.267 e. The molecule has 0 amide bonds. The summed E-state index contributed by atoms with van der Waals surface area (Å²) in [6.07, 6.45) is 5.23. The lowest BCUT2D eigenvalue weighted by atomic mass is 10.0. The van der Waals surface area contributed by atoms with Crippen molar-refractivity contribution in [2.24, 2.45) is 0 Å². The monoisotopic (exact) mass is 499 g/mol. The van der Waals surface area contributed by atoms with Crippen LogP contribution in [0.1, 0.15) is 0 Å². The predicted octanol–water partition coefficient (Wildman–Crippen LogP) is 5.56. The first-order valence-electron chi connectivity index (χ1n) is 12.0. The molecule has 3 aromatic carbocycles. The number of H-pyrrole nitrogens is 2. The van der Waals surface area contributed by atoms with Gasteiger partial charge in [0, 0.05) is 29.8 Å². The van der Waals surface area contributed by atoms with Crippen LogP contribution >= 0.6 is 0 Å². The molecule has 0 spiro atoms. The number of aromatic nitrogens is 6. The van der Waals surface area contributed by atoms with Crippen molar-refractivity contribution >= 4 is 44.5 Å². The predicted molar refractivity (Wildman–Crippen MR) is 148 cm³/mol. The van der Waals surface area contributed by atoms with E-state index in [-0.39, 0.29) is 5.56 Å². The normalized spacial score (nSPS) is 11.4. The van der Waals surface area contributed by atoms with E-state index in [9.17, 15) is 4.79 Å². The number of hydrogen-bond donors (Lipinski definition) is 3. The maximum atomic E-state index is 13.7. The second kappa shape index (κ2) is 8.59. The molecule has 4 aromatic heterocycles. The van der Waals surface area contributed by atoms with Gasteiger partial charge in [-0.1, -0.05) is 18.2 Å². The van der Waals surface area contributed by atoms with Crippen molar-refractivity contribution < 1.29 is 4.74 Å². The zero-order valence-electron chi connectivity index (χ0n) is 20.3. The van der Waals surface area contributed by atoms with Crippen molar-refractivity contribution in [1.29, 1.82) is 0 Å². The zero-order valence-corrected chi connectivity index (χ0v) is 20.3. The van der Waals surface area contributed by atoms with Crippen LogP contribution in [0.4, 0.5) is 11.6 Å². The van der Waals surface area contributed by atoms with Crippen LogP contribution in [0.25, 0.3) is 49.7 Å². The summed E-state index contributed by atoms with van der Waals surface area (Å²) >= 11 is 0. The molecule has 0 unspecified atom stereocenters. The van der Waals surface area contributed by atoms with Crippen LogP contribution in [-0.2, 0) is 0 Å². The van der Waals surface area contributed by atoms with Crippen molar-refractivity contribution in [2.45, 2.75) is 0 Å². The second-order valence-corrected chi connectivity index (χ2v) is 8.90. The van der Waals surface area contributed by atoms with Crippen molar-refractivity contribution in [3.8, 4) is 22.6 Å². The number of ether oxygens (including phenoxy) is 1. The average molecular weight is 500 g/mol. The number of rotatable bonds is 5. The van der Waals surface area contributed by atoms with Crippen LogP contribution in [0.15, 0.2) is 96.2 Å². The standard InChI is InChI=1S/C29H21N7O2/c1-38-22-8-6-20(7-9-22)33-29-31-15-23-26-24(16-32-35-26)28(37)36(27(23)34-29)21-4-2-3-17(14-21)18-5-10-25-19(13-18)11-12-30-25/h2-16,30H,1H3,(H,32,35)(H,31,33,34). The Balaban J connectivity index is 1.40. The molecule has 0 radical (unpaired) electrons. The Hall–Kier alpha value is -5.44. The molecule has 9 heteroatoms. The van der Waals surface area contributed by atoms with Gasteiger partial charge in [-0.25, -0.2) is 4.98 Å². The summed E-state index contributed by atoms with van der Waals surface area (Å²) in [6.45, 7) is 0. The number of anilines is 2. The third kappa shape index (κ3) is 3.56. The average Bonchev–Trinajstić information content (AvgIpc) is 3.64. The molecule has 0 bridgehead atoms. The van der Waals surface area contributed by atoms with Crippen molar-refractivity contribution in [2.75, 3.05) is 12.4 Å². The van der Waals surface area contributed by atoms with Gasteiger partial charge in [0.2, 0.25) is 5.95 Å². The summed E-state index contributed by atoms with van der Waals surface area (Å²) in [7, 11) is 1.62. The fraction of sp³-hybridized carbons (Fsp3) is 0.0345. The lowest BCUT2D eigenvalue weighted by Gasteiger charge is -2.13. The number of hydrogen-bond acceptors (Lipinski definition) is 6. The molecular formula is C29H21N7O2. The third-order valence-electron chi connectivity index (χ3n) is 6.65. The molecule has 4 heterocycles. The van der Waals surface area contributed by atoms with Crippen molar-refractivity contribution in [3.05, 3.63) is 102 Å². The molecule has 7 rings (SSSR count). The van der Waals surface area contributed by atoms with Gasteiger partial charge in [-0.05, 0) is 71.1 Å². The van der Waals surface area contributed by atoms with Gasteiger partial charge in [-0.3, -0.25) is 14.5 Å². The third-order valence-corrected chi connectivity index (χ3v) is 6.65. The summed E-state index contributed by atoms with van der Waals surface area (Å²) < 4.78 is 6.86. The highest BCUT2D eigenvalue weighted by Crippen LogP contribution is 2.28. The van der Waals surface area contributed by atoms with Crippen LogP contribution in [0, 0.1) is 0 Å². The summed E-state index contributed by atoms with van der Waals surface area (Å²) in [6, 6.07) is 23.6. The van der Waals surface area contributed by atoms with Crippen molar-refractivity contribution in [1.82, 2.24) is 29.7 Å². The first-order valence-corrected chi connectivity index (χ1v) is 12.0. The van der Waals surface area contributed by atoms with Crippen LogP contribution in [0.5, 0.6) is 5.75 Å². The van der Waals surface area contributed by atoms with E-state index in [1.807, 2.05) is 60.8 Å². The number of aromatic amines is 2. The van der Waals surface area contributed by atoms with Gasteiger partial charge in [0.25, 0.3) is 5.56 Å². The van der Waals surface area contributed by atoms with Gasteiger partial charge < -0.3 is 15.0 Å². The highest BCUT2D eigenvalue weighted by atomic mass is 16.5. The van der Waals surface area contributed by atoms with Crippen LogP contribution in [0.2, 0.25) is 0 Å². The second-order valence-electron chi connectivity index (χ2n) is 8.90. The van der Waals surface area contributed by atoms with Gasteiger partial charge in [0.15, 0.2) is 5.65 Å². The molecule has 0 atom stereocenters. The van der Waals surface area contributed by atoms with Crippen LogP contribution in [0.3, 0.4) is 0 Å². The van der Waals surface area contributed by atoms with Crippen LogP contribution < -0.4 is 15.6 Å². The minimum Gasteiger partial charge on any atom is -0.497 e. The SMILES string of the molecule is COc1ccc(Nc2ncc3c4n[nH]cc4c(=O)n(-c4cccc(-c5ccc6[nH]ccc6c5)c4)c3n2)cc1. The Bertz CT molecular complexity index is 2020. The number of methoxy groups -OCH3 is 1. The number of pyridine rings is 1. The Kier molecular flexibility index (Phi) is 4.93. The molecule has 0 saturated carbocycles. The van der Waals surface area contributed by atoms with Gasteiger partial charge in [-0.15, -0.1) is 0 Å². The van der Waals surface area contributed by atoms with E-state index in [4.69, 9.17) is 9.72 Å². The van der Waals surface area contributed by atoms with E-state index in [1.54, 1.807) is 24.1 Å². The molecule has 0 fully saturated rings. The van der Waals surface area contributed by atoms with E-state index in [2.05, 4.69) is 43.7 Å². The Morgan fingerprint density at radius 1 is 0.947 bits per heavy atom. The largest absolute Gasteiger partial charge is 0.497 e. The van der Waals surface area contributed by atoms with Gasteiger partial charge in [0.1, 0.15) is 11.3 Å². The Morgan fingerprint density at radius 3 is 2.68 bits per heavy atom. The minimum atomic E-state index is -0.214. The van der Waals surface area contributed by atoms with E-state index in [0.29, 0.717) is 33.6 Å². The first-order chi connectivity index (χ1) is 18.7. The highest BCUT2D eigenvalue weighted by molar-refractivity contribution is 6.02. The van der Waals surface area contributed by atoms with E-state index in [0.717, 1.165) is 33.5 Å². The fourth-order valence-corrected chi connectivity index (χ4v) is 4.75. The van der Waals surface area contributed by atoms with E-state index < -0.39 is 0 Å². The molecule has 38 heavy (non-hydrogen) atoms. The highest BCUT2D eigenvalue weighted by Gasteiger charge is 2.17. The van der Waals surface area contributed by atoms with Crippen molar-refractivity contribution in [3.63, 3.8) is 0 Å². The summed E-state index contributed by atoms with van der Waals surface area (Å²) in [4.78, 5) is 26.2. The van der Waals surface area contributed by atoms with Gasteiger partial charge >= 0.3 is 0 Å². The number of nitrogens with one attached hydrogen (secondary N) is 3. The topological polar surface area (TPSA) is 114 Å². The summed E-state index contributed by atoms with van der Waals surface area (Å²) in [5, 5.41) is 12.6. The van der Waals surface area contributed by atoms with Gasteiger partial charge in [0.05, 0.1) is 23.6 Å². The Morgan fingerprint density at radius 2 is 1.82 bits per heavy atom. The summed E-state index contributed by atoms with van der Waals surface area (Å²) in [5.41, 5.74) is 5.39. The minimum absolute atomic E-state index is 0.214. The maximum Gasteiger partial charge on any atom is 0.267 e. The molecule has 3 N–H and O–H groups in total. The maximum absolute atomic E-state index is 13.7.